The third kappa shape index (κ3) is 4.79. The molecule has 0 bridgehead atoms. The fraction of sp³-hybridized carbons (Fsp3) is 0.280. The monoisotopic (exact) mass is 401 g/mol. The van der Waals surface area contributed by atoms with Crippen LogP contribution >= 0.6 is 0 Å². The van der Waals surface area contributed by atoms with E-state index in [1.165, 1.54) is 0 Å². The molecule has 2 N–H and O–H groups in total. The molecule has 0 radical (unpaired) electrons. The van der Waals surface area contributed by atoms with Crippen molar-refractivity contribution in [1.82, 2.24) is 4.90 Å². The molecule has 1 heterocycles. The molecular formula is C25H27N3O2. The Labute approximate surface area is 177 Å². The van der Waals surface area contributed by atoms with E-state index in [0.29, 0.717) is 11.5 Å². The first kappa shape index (κ1) is 20.0. The Morgan fingerprint density at radius 2 is 1.67 bits per heavy atom. The molecule has 2 amide bonds. The number of likely N-dealkylation sites (tertiary alicyclic amines) is 1. The molecule has 0 unspecified atom stereocenters. The number of amides is 2. The zero-order valence-corrected chi connectivity index (χ0v) is 17.2. The molecule has 0 saturated carbocycles. The van der Waals surface area contributed by atoms with Crippen molar-refractivity contribution in [3.05, 3.63) is 72.3 Å². The van der Waals surface area contributed by atoms with Gasteiger partial charge in [-0.05, 0) is 59.9 Å². The minimum absolute atomic E-state index is 0.0613. The lowest BCUT2D eigenvalue weighted by molar-refractivity contribution is -0.114. The quantitative estimate of drug-likeness (QED) is 0.648. The topological polar surface area (TPSA) is 61.4 Å². The van der Waals surface area contributed by atoms with E-state index in [1.807, 2.05) is 71.6 Å². The second kappa shape index (κ2) is 8.99. The predicted molar refractivity (Wildman–Crippen MR) is 122 cm³/mol. The normalized spacial score (nSPS) is 14.5. The number of benzene rings is 3. The second-order valence-corrected chi connectivity index (χ2v) is 8.02. The molecular weight excluding hydrogens is 374 g/mol. The van der Waals surface area contributed by atoms with Gasteiger partial charge < -0.3 is 15.5 Å². The smallest absolute Gasteiger partial charge is 0.253 e. The van der Waals surface area contributed by atoms with Crippen molar-refractivity contribution in [1.29, 1.82) is 0 Å². The summed E-state index contributed by atoms with van der Waals surface area (Å²) in [6.45, 7) is 3.98. The van der Waals surface area contributed by atoms with E-state index in [9.17, 15) is 9.59 Å². The molecule has 1 fully saturated rings. The molecule has 3 aromatic rings. The van der Waals surface area contributed by atoms with Crippen molar-refractivity contribution < 1.29 is 9.59 Å². The highest BCUT2D eigenvalue weighted by molar-refractivity contribution is 5.97. The van der Waals surface area contributed by atoms with Gasteiger partial charge in [0.2, 0.25) is 5.91 Å². The minimum Gasteiger partial charge on any atom is -0.376 e. The van der Waals surface area contributed by atoms with Crippen molar-refractivity contribution in [2.75, 3.05) is 30.3 Å². The standard InChI is InChI=1S/C25H27N3O2/c1-18-11-13-28(14-12-18)25(30)21-7-4-8-22(16-21)26-17-24(29)27-23-10-9-19-5-2-3-6-20(19)15-23/h2-10,15-16,18,26H,11-14,17H2,1H3,(H,27,29). The lowest BCUT2D eigenvalue weighted by atomic mass is 9.98. The largest absolute Gasteiger partial charge is 0.376 e. The summed E-state index contributed by atoms with van der Waals surface area (Å²) in [5, 5.41) is 8.27. The van der Waals surface area contributed by atoms with Gasteiger partial charge in [-0.3, -0.25) is 9.59 Å². The first-order valence-electron chi connectivity index (χ1n) is 10.5. The highest BCUT2D eigenvalue weighted by atomic mass is 16.2. The summed E-state index contributed by atoms with van der Waals surface area (Å²) in [6, 6.07) is 21.3. The fourth-order valence-electron chi connectivity index (χ4n) is 3.81. The predicted octanol–water partition coefficient (Wildman–Crippen LogP) is 4.76. The molecule has 0 aromatic heterocycles. The summed E-state index contributed by atoms with van der Waals surface area (Å²) >= 11 is 0. The van der Waals surface area contributed by atoms with Crippen LogP contribution in [0.25, 0.3) is 10.8 Å². The zero-order valence-electron chi connectivity index (χ0n) is 17.2. The van der Waals surface area contributed by atoms with Crippen LogP contribution in [0.3, 0.4) is 0 Å². The first-order chi connectivity index (χ1) is 14.6. The van der Waals surface area contributed by atoms with Crippen molar-refractivity contribution in [2.24, 2.45) is 5.92 Å². The van der Waals surface area contributed by atoms with E-state index in [2.05, 4.69) is 17.6 Å². The number of carbonyl (C=O) groups is 2. The molecule has 5 heteroatoms. The highest BCUT2D eigenvalue weighted by Gasteiger charge is 2.21. The second-order valence-electron chi connectivity index (χ2n) is 8.02. The van der Waals surface area contributed by atoms with Crippen LogP contribution in [0.5, 0.6) is 0 Å². The SMILES string of the molecule is CC1CCN(C(=O)c2cccc(NCC(=O)Nc3ccc4ccccc4c3)c2)CC1. The third-order valence-electron chi connectivity index (χ3n) is 5.67. The summed E-state index contributed by atoms with van der Waals surface area (Å²) in [5.41, 5.74) is 2.19. The maximum atomic E-state index is 12.8. The van der Waals surface area contributed by atoms with Crippen LogP contribution < -0.4 is 10.6 Å². The van der Waals surface area contributed by atoms with Crippen LogP contribution in [0.2, 0.25) is 0 Å². The highest BCUT2D eigenvalue weighted by Crippen LogP contribution is 2.20. The Morgan fingerprint density at radius 1 is 0.900 bits per heavy atom. The van der Waals surface area contributed by atoms with Gasteiger partial charge in [0.1, 0.15) is 0 Å². The number of carbonyl (C=O) groups excluding carboxylic acids is 2. The number of nitrogens with one attached hydrogen (secondary N) is 2. The average molecular weight is 402 g/mol. The van der Waals surface area contributed by atoms with Gasteiger partial charge in [0, 0.05) is 30.0 Å². The molecule has 3 aromatic carbocycles. The van der Waals surface area contributed by atoms with E-state index in [0.717, 1.165) is 48.1 Å². The molecule has 0 spiro atoms. The van der Waals surface area contributed by atoms with Crippen molar-refractivity contribution in [3.63, 3.8) is 0 Å². The Kier molecular flexibility index (Phi) is 5.98. The van der Waals surface area contributed by atoms with Gasteiger partial charge in [0.05, 0.1) is 6.54 Å². The molecule has 4 rings (SSSR count). The lowest BCUT2D eigenvalue weighted by Crippen LogP contribution is -2.37. The summed E-state index contributed by atoms with van der Waals surface area (Å²) < 4.78 is 0. The van der Waals surface area contributed by atoms with E-state index < -0.39 is 0 Å². The molecule has 0 aliphatic carbocycles. The number of anilines is 2. The molecule has 1 aliphatic heterocycles. The summed E-state index contributed by atoms with van der Waals surface area (Å²) in [7, 11) is 0. The Morgan fingerprint density at radius 3 is 2.47 bits per heavy atom. The van der Waals surface area contributed by atoms with Crippen molar-refractivity contribution in [2.45, 2.75) is 19.8 Å². The van der Waals surface area contributed by atoms with Crippen LogP contribution in [0.4, 0.5) is 11.4 Å². The summed E-state index contributed by atoms with van der Waals surface area (Å²) in [6.07, 6.45) is 2.11. The van der Waals surface area contributed by atoms with Gasteiger partial charge in [-0.25, -0.2) is 0 Å². The van der Waals surface area contributed by atoms with Crippen molar-refractivity contribution in [3.8, 4) is 0 Å². The number of hydrogen-bond acceptors (Lipinski definition) is 3. The Balaban J connectivity index is 1.34. The number of nitrogens with zero attached hydrogens (tertiary/aromatic N) is 1. The Bertz CT molecular complexity index is 1050. The molecule has 154 valence electrons. The maximum Gasteiger partial charge on any atom is 0.253 e. The van der Waals surface area contributed by atoms with Gasteiger partial charge in [-0.15, -0.1) is 0 Å². The van der Waals surface area contributed by atoms with Gasteiger partial charge in [-0.2, -0.15) is 0 Å². The molecule has 5 nitrogen and oxygen atoms in total. The molecule has 0 atom stereocenters. The first-order valence-corrected chi connectivity index (χ1v) is 10.5. The summed E-state index contributed by atoms with van der Waals surface area (Å²) in [4.78, 5) is 27.1. The van der Waals surface area contributed by atoms with Crippen LogP contribution in [-0.2, 0) is 4.79 Å². The van der Waals surface area contributed by atoms with Gasteiger partial charge >= 0.3 is 0 Å². The summed E-state index contributed by atoms with van der Waals surface area (Å²) in [5.74, 6) is 0.612. The van der Waals surface area contributed by atoms with Gasteiger partial charge in [0.25, 0.3) is 5.91 Å². The van der Waals surface area contributed by atoms with Gasteiger partial charge in [-0.1, -0.05) is 43.3 Å². The number of hydrogen-bond donors (Lipinski definition) is 2. The minimum atomic E-state index is -0.132. The number of piperidine rings is 1. The third-order valence-corrected chi connectivity index (χ3v) is 5.67. The molecule has 30 heavy (non-hydrogen) atoms. The van der Waals surface area contributed by atoms with E-state index in [4.69, 9.17) is 0 Å². The van der Waals surface area contributed by atoms with Crippen LogP contribution in [0, 0.1) is 5.92 Å². The van der Waals surface area contributed by atoms with Crippen LogP contribution in [0.15, 0.2) is 66.7 Å². The molecule has 1 saturated heterocycles. The molecule has 1 aliphatic rings. The lowest BCUT2D eigenvalue weighted by Gasteiger charge is -2.30. The van der Waals surface area contributed by atoms with Crippen LogP contribution in [0.1, 0.15) is 30.1 Å². The number of rotatable bonds is 5. The fourth-order valence-corrected chi connectivity index (χ4v) is 3.81. The Hall–Kier alpha value is -3.34. The van der Waals surface area contributed by atoms with Gasteiger partial charge in [0.15, 0.2) is 0 Å². The zero-order chi connectivity index (χ0) is 20.9. The number of fused-ring (bicyclic) bond motifs is 1. The van der Waals surface area contributed by atoms with E-state index in [-0.39, 0.29) is 18.4 Å². The van der Waals surface area contributed by atoms with E-state index in [1.54, 1.807) is 0 Å². The van der Waals surface area contributed by atoms with E-state index >= 15 is 0 Å². The van der Waals surface area contributed by atoms with Crippen LogP contribution in [-0.4, -0.2) is 36.3 Å². The maximum absolute atomic E-state index is 12.8. The van der Waals surface area contributed by atoms with Crippen molar-refractivity contribution >= 4 is 34.0 Å². The average Bonchev–Trinajstić information content (AvgIpc) is 2.78.